The number of aliphatic carboxylic acids is 1. The second kappa shape index (κ2) is 8.96. The SMILES string of the molecule is CCS(=O)(=O)c1ccc(CCC(=O)NC(C)(COC)CC(=O)O)cc1. The lowest BCUT2D eigenvalue weighted by atomic mass is 9.98. The van der Waals surface area contributed by atoms with Crippen LogP contribution in [0.2, 0.25) is 0 Å². The molecule has 0 aromatic heterocycles. The molecule has 1 aromatic rings. The number of carbonyl (C=O) groups is 2. The van der Waals surface area contributed by atoms with Crippen molar-refractivity contribution in [3.8, 4) is 0 Å². The van der Waals surface area contributed by atoms with E-state index in [1.807, 2.05) is 0 Å². The van der Waals surface area contributed by atoms with Crippen LogP contribution in [0.5, 0.6) is 0 Å². The molecule has 2 N–H and O–H groups in total. The normalized spacial score (nSPS) is 13.9. The fourth-order valence-electron chi connectivity index (χ4n) is 2.47. The number of hydrogen-bond donors (Lipinski definition) is 2. The Morgan fingerprint density at radius 2 is 1.84 bits per heavy atom. The van der Waals surface area contributed by atoms with E-state index >= 15 is 0 Å². The first-order valence-corrected chi connectivity index (χ1v) is 9.60. The fourth-order valence-corrected chi connectivity index (χ4v) is 3.35. The zero-order chi connectivity index (χ0) is 19.1. The summed E-state index contributed by atoms with van der Waals surface area (Å²) in [7, 11) is -1.79. The molecular formula is C17H25NO6S. The quantitative estimate of drug-likeness (QED) is 0.643. The Labute approximate surface area is 148 Å². The van der Waals surface area contributed by atoms with Gasteiger partial charge in [-0.3, -0.25) is 9.59 Å². The van der Waals surface area contributed by atoms with Gasteiger partial charge in [0.1, 0.15) is 0 Å². The molecule has 1 unspecified atom stereocenters. The maximum absolute atomic E-state index is 12.1. The number of carbonyl (C=O) groups excluding carboxylic acids is 1. The second-order valence-corrected chi connectivity index (χ2v) is 8.44. The lowest BCUT2D eigenvalue weighted by Crippen LogP contribution is -2.50. The summed E-state index contributed by atoms with van der Waals surface area (Å²) in [5, 5.41) is 11.7. The van der Waals surface area contributed by atoms with E-state index in [9.17, 15) is 18.0 Å². The molecule has 7 nitrogen and oxygen atoms in total. The molecule has 25 heavy (non-hydrogen) atoms. The van der Waals surface area contributed by atoms with E-state index in [0.717, 1.165) is 5.56 Å². The predicted molar refractivity (Wildman–Crippen MR) is 93.2 cm³/mol. The van der Waals surface area contributed by atoms with Gasteiger partial charge in [0.15, 0.2) is 9.84 Å². The van der Waals surface area contributed by atoms with Crippen LogP contribution in [-0.2, 0) is 30.6 Å². The Morgan fingerprint density at radius 1 is 1.24 bits per heavy atom. The Kier molecular flexibility index (Phi) is 7.57. The summed E-state index contributed by atoms with van der Waals surface area (Å²) in [6.07, 6.45) is 0.351. The van der Waals surface area contributed by atoms with Crippen molar-refractivity contribution >= 4 is 21.7 Å². The third-order valence-corrected chi connectivity index (χ3v) is 5.50. The Hall–Kier alpha value is -1.93. The summed E-state index contributed by atoms with van der Waals surface area (Å²) in [5.74, 6) is -1.27. The average molecular weight is 371 g/mol. The standard InChI is InChI=1S/C17H25NO6S/c1-4-25(22,23)14-8-5-13(6-9-14)7-10-15(19)18-17(2,12-24-3)11-16(20)21/h5-6,8-9H,4,7,10-12H2,1-3H3,(H,18,19)(H,20,21). The van der Waals surface area contributed by atoms with E-state index in [2.05, 4.69) is 5.32 Å². The highest BCUT2D eigenvalue weighted by atomic mass is 32.2. The highest BCUT2D eigenvalue weighted by Crippen LogP contribution is 2.14. The largest absolute Gasteiger partial charge is 0.481 e. The smallest absolute Gasteiger partial charge is 0.305 e. The number of methoxy groups -OCH3 is 1. The summed E-state index contributed by atoms with van der Waals surface area (Å²) >= 11 is 0. The Morgan fingerprint density at radius 3 is 2.32 bits per heavy atom. The van der Waals surface area contributed by atoms with Gasteiger partial charge < -0.3 is 15.2 Å². The van der Waals surface area contributed by atoms with Crippen LogP contribution in [0.25, 0.3) is 0 Å². The zero-order valence-electron chi connectivity index (χ0n) is 14.7. The molecule has 1 aromatic carbocycles. The number of aryl methyl sites for hydroxylation is 1. The van der Waals surface area contributed by atoms with Gasteiger partial charge in [-0.1, -0.05) is 19.1 Å². The number of rotatable bonds is 10. The van der Waals surface area contributed by atoms with E-state index in [-0.39, 0.29) is 36.0 Å². The molecule has 0 radical (unpaired) electrons. The van der Waals surface area contributed by atoms with Crippen molar-refractivity contribution in [2.75, 3.05) is 19.5 Å². The molecule has 0 aliphatic carbocycles. The van der Waals surface area contributed by atoms with Gasteiger partial charge in [0.05, 0.1) is 29.2 Å². The number of hydrogen-bond acceptors (Lipinski definition) is 5. The van der Waals surface area contributed by atoms with Crippen molar-refractivity contribution in [3.63, 3.8) is 0 Å². The summed E-state index contributed by atoms with van der Waals surface area (Å²) in [6, 6.07) is 6.43. The van der Waals surface area contributed by atoms with Crippen molar-refractivity contribution < 1.29 is 27.9 Å². The molecule has 8 heteroatoms. The first-order chi connectivity index (χ1) is 11.6. The van der Waals surface area contributed by atoms with Crippen molar-refractivity contribution in [1.82, 2.24) is 5.32 Å². The summed E-state index contributed by atoms with van der Waals surface area (Å²) in [5.41, 5.74) is -0.145. The molecule has 0 spiro atoms. The lowest BCUT2D eigenvalue weighted by molar-refractivity contribution is -0.139. The minimum absolute atomic E-state index is 0.0381. The molecule has 140 valence electrons. The number of ether oxygens (including phenoxy) is 1. The molecule has 0 bridgehead atoms. The molecule has 0 fully saturated rings. The maximum atomic E-state index is 12.1. The second-order valence-electron chi connectivity index (χ2n) is 6.16. The van der Waals surface area contributed by atoms with Gasteiger partial charge in [-0.15, -0.1) is 0 Å². The van der Waals surface area contributed by atoms with E-state index in [0.29, 0.717) is 6.42 Å². The van der Waals surface area contributed by atoms with Crippen LogP contribution in [0.3, 0.4) is 0 Å². The Bertz CT molecular complexity index is 698. The highest BCUT2D eigenvalue weighted by molar-refractivity contribution is 7.91. The van der Waals surface area contributed by atoms with Crippen LogP contribution in [0.15, 0.2) is 29.2 Å². The number of sulfone groups is 1. The van der Waals surface area contributed by atoms with Gasteiger partial charge in [0, 0.05) is 13.5 Å². The summed E-state index contributed by atoms with van der Waals surface area (Å²) in [6.45, 7) is 3.29. The first-order valence-electron chi connectivity index (χ1n) is 7.95. The number of benzene rings is 1. The minimum atomic E-state index is -3.24. The maximum Gasteiger partial charge on any atom is 0.305 e. The summed E-state index contributed by atoms with van der Waals surface area (Å²) < 4.78 is 28.5. The van der Waals surface area contributed by atoms with Gasteiger partial charge in [0.25, 0.3) is 0 Å². The lowest BCUT2D eigenvalue weighted by Gasteiger charge is -2.28. The number of amides is 1. The van der Waals surface area contributed by atoms with Crippen LogP contribution < -0.4 is 5.32 Å². The van der Waals surface area contributed by atoms with Crippen molar-refractivity contribution in [3.05, 3.63) is 29.8 Å². The van der Waals surface area contributed by atoms with Crippen molar-refractivity contribution in [1.29, 1.82) is 0 Å². The van der Waals surface area contributed by atoms with Crippen LogP contribution in [0.1, 0.15) is 32.3 Å². The topological polar surface area (TPSA) is 110 Å². The van der Waals surface area contributed by atoms with Gasteiger partial charge in [0.2, 0.25) is 5.91 Å². The van der Waals surface area contributed by atoms with E-state index in [4.69, 9.17) is 9.84 Å². The zero-order valence-corrected chi connectivity index (χ0v) is 15.6. The van der Waals surface area contributed by atoms with E-state index in [1.54, 1.807) is 26.0 Å². The molecule has 1 atom stereocenters. The molecule has 0 aliphatic heterocycles. The molecule has 0 saturated carbocycles. The number of nitrogens with one attached hydrogen (secondary N) is 1. The monoisotopic (exact) mass is 371 g/mol. The van der Waals surface area contributed by atoms with E-state index < -0.39 is 21.3 Å². The van der Waals surface area contributed by atoms with Crippen molar-refractivity contribution in [2.24, 2.45) is 0 Å². The van der Waals surface area contributed by atoms with Crippen LogP contribution in [0, 0.1) is 0 Å². The molecular weight excluding hydrogens is 346 g/mol. The van der Waals surface area contributed by atoms with Gasteiger partial charge >= 0.3 is 5.97 Å². The Balaban J connectivity index is 2.65. The predicted octanol–water partition coefficient (Wildman–Crippen LogP) is 1.41. The van der Waals surface area contributed by atoms with Gasteiger partial charge in [-0.05, 0) is 31.0 Å². The molecule has 0 heterocycles. The summed E-state index contributed by atoms with van der Waals surface area (Å²) in [4.78, 5) is 23.3. The highest BCUT2D eigenvalue weighted by Gasteiger charge is 2.29. The van der Waals surface area contributed by atoms with Crippen molar-refractivity contribution in [2.45, 2.75) is 43.5 Å². The minimum Gasteiger partial charge on any atom is -0.481 e. The molecule has 1 amide bonds. The van der Waals surface area contributed by atoms with E-state index in [1.165, 1.54) is 19.2 Å². The van der Waals surface area contributed by atoms with Gasteiger partial charge in [-0.2, -0.15) is 0 Å². The fraction of sp³-hybridized carbons (Fsp3) is 0.529. The molecule has 0 aliphatic rings. The van der Waals surface area contributed by atoms with Crippen LogP contribution in [-0.4, -0.2) is 50.4 Å². The van der Waals surface area contributed by atoms with Crippen LogP contribution >= 0.6 is 0 Å². The molecule has 0 saturated heterocycles. The third-order valence-electron chi connectivity index (χ3n) is 3.75. The first kappa shape index (κ1) is 21.1. The number of carboxylic acid groups (broad SMARTS) is 1. The van der Waals surface area contributed by atoms with Gasteiger partial charge in [-0.25, -0.2) is 8.42 Å². The third kappa shape index (κ3) is 6.83. The molecule has 1 rings (SSSR count). The van der Waals surface area contributed by atoms with Crippen LogP contribution in [0.4, 0.5) is 0 Å². The average Bonchev–Trinajstić information content (AvgIpc) is 2.52. The number of carboxylic acids is 1.